The first kappa shape index (κ1) is 12.9. The summed E-state index contributed by atoms with van der Waals surface area (Å²) in [6.45, 7) is 0. The SMILES string of the molecule is CN(c1ccccc1)c1ccccc1/C=C/C(=O)O. The number of anilines is 2. The number of carbonyl (C=O) groups is 1. The van der Waals surface area contributed by atoms with Crippen molar-refractivity contribution in [2.75, 3.05) is 11.9 Å². The van der Waals surface area contributed by atoms with Crippen molar-refractivity contribution in [3.05, 3.63) is 66.2 Å². The highest BCUT2D eigenvalue weighted by atomic mass is 16.4. The molecular weight excluding hydrogens is 238 g/mol. The Kier molecular flexibility index (Phi) is 3.98. The minimum Gasteiger partial charge on any atom is -0.478 e. The number of hydrogen-bond donors (Lipinski definition) is 1. The second-order valence-electron chi connectivity index (χ2n) is 4.12. The van der Waals surface area contributed by atoms with E-state index in [9.17, 15) is 4.79 Å². The van der Waals surface area contributed by atoms with Gasteiger partial charge in [0.15, 0.2) is 0 Å². The predicted molar refractivity (Wildman–Crippen MR) is 77.6 cm³/mol. The van der Waals surface area contributed by atoms with Crippen molar-refractivity contribution in [2.45, 2.75) is 0 Å². The third-order valence-electron chi connectivity index (χ3n) is 2.85. The van der Waals surface area contributed by atoms with Crippen LogP contribution in [0.2, 0.25) is 0 Å². The molecule has 3 heteroatoms. The standard InChI is InChI=1S/C16H15NO2/c1-17(14-8-3-2-4-9-14)15-10-6-5-7-13(15)11-12-16(18)19/h2-12H,1H3,(H,18,19)/b12-11+. The van der Waals surface area contributed by atoms with Gasteiger partial charge in [-0.15, -0.1) is 0 Å². The van der Waals surface area contributed by atoms with Gasteiger partial charge >= 0.3 is 5.97 Å². The molecule has 0 saturated heterocycles. The van der Waals surface area contributed by atoms with E-state index in [0.717, 1.165) is 23.0 Å². The zero-order valence-corrected chi connectivity index (χ0v) is 10.7. The maximum Gasteiger partial charge on any atom is 0.328 e. The van der Waals surface area contributed by atoms with Crippen LogP contribution in [0.25, 0.3) is 6.08 Å². The topological polar surface area (TPSA) is 40.5 Å². The average Bonchev–Trinajstić information content (AvgIpc) is 2.45. The molecule has 2 aromatic rings. The number of nitrogens with zero attached hydrogens (tertiary/aromatic N) is 1. The molecule has 0 fully saturated rings. The summed E-state index contributed by atoms with van der Waals surface area (Å²) in [5.41, 5.74) is 2.89. The monoisotopic (exact) mass is 253 g/mol. The summed E-state index contributed by atoms with van der Waals surface area (Å²) in [5, 5.41) is 8.72. The van der Waals surface area contributed by atoms with Crippen molar-refractivity contribution < 1.29 is 9.90 Å². The first-order valence-corrected chi connectivity index (χ1v) is 5.97. The number of carboxylic acid groups (broad SMARTS) is 1. The summed E-state index contributed by atoms with van der Waals surface area (Å²) in [4.78, 5) is 12.7. The molecule has 0 amide bonds. The largest absolute Gasteiger partial charge is 0.478 e. The lowest BCUT2D eigenvalue weighted by molar-refractivity contribution is -0.131. The van der Waals surface area contributed by atoms with Crippen LogP contribution in [0.4, 0.5) is 11.4 Å². The Morgan fingerprint density at radius 1 is 1.05 bits per heavy atom. The highest BCUT2D eigenvalue weighted by Gasteiger charge is 2.06. The molecule has 0 aliphatic heterocycles. The van der Waals surface area contributed by atoms with Crippen molar-refractivity contribution in [3.8, 4) is 0 Å². The number of rotatable bonds is 4. The Hall–Kier alpha value is -2.55. The van der Waals surface area contributed by atoms with Gasteiger partial charge in [-0.1, -0.05) is 36.4 Å². The summed E-state index contributed by atoms with van der Waals surface area (Å²) < 4.78 is 0. The lowest BCUT2D eigenvalue weighted by atomic mass is 10.1. The highest BCUT2D eigenvalue weighted by molar-refractivity contribution is 5.87. The fourth-order valence-electron chi connectivity index (χ4n) is 1.89. The molecular formula is C16H15NO2. The van der Waals surface area contributed by atoms with Gasteiger partial charge < -0.3 is 10.0 Å². The van der Waals surface area contributed by atoms with Gasteiger partial charge in [0.25, 0.3) is 0 Å². The molecule has 0 unspecified atom stereocenters. The quantitative estimate of drug-likeness (QED) is 0.847. The molecule has 0 aromatic heterocycles. The lowest BCUT2D eigenvalue weighted by Gasteiger charge is -2.21. The van der Waals surface area contributed by atoms with Gasteiger partial charge in [-0.2, -0.15) is 0 Å². The smallest absolute Gasteiger partial charge is 0.328 e. The molecule has 2 aromatic carbocycles. The fraction of sp³-hybridized carbons (Fsp3) is 0.0625. The minimum atomic E-state index is -0.947. The van der Waals surface area contributed by atoms with Crippen LogP contribution < -0.4 is 4.90 Å². The molecule has 1 N–H and O–H groups in total. The molecule has 96 valence electrons. The van der Waals surface area contributed by atoms with E-state index in [0.29, 0.717) is 0 Å². The van der Waals surface area contributed by atoms with E-state index in [-0.39, 0.29) is 0 Å². The number of carboxylic acids is 1. The van der Waals surface area contributed by atoms with Gasteiger partial charge in [-0.25, -0.2) is 4.79 Å². The maximum absolute atomic E-state index is 10.6. The first-order chi connectivity index (χ1) is 9.18. The first-order valence-electron chi connectivity index (χ1n) is 5.97. The maximum atomic E-state index is 10.6. The average molecular weight is 253 g/mol. The third-order valence-corrected chi connectivity index (χ3v) is 2.85. The molecule has 0 aliphatic rings. The van der Waals surface area contributed by atoms with E-state index in [2.05, 4.69) is 0 Å². The predicted octanol–water partition coefficient (Wildman–Crippen LogP) is 3.55. The van der Waals surface area contributed by atoms with Crippen LogP contribution in [-0.2, 0) is 4.79 Å². The van der Waals surface area contributed by atoms with E-state index in [1.54, 1.807) is 6.08 Å². The summed E-state index contributed by atoms with van der Waals surface area (Å²) >= 11 is 0. The Balaban J connectivity index is 2.37. The number of aliphatic carboxylic acids is 1. The minimum absolute atomic E-state index is 0.872. The number of para-hydroxylation sites is 2. The van der Waals surface area contributed by atoms with Crippen molar-refractivity contribution in [3.63, 3.8) is 0 Å². The van der Waals surface area contributed by atoms with E-state index < -0.39 is 5.97 Å². The van der Waals surface area contributed by atoms with Crippen molar-refractivity contribution in [2.24, 2.45) is 0 Å². The van der Waals surface area contributed by atoms with E-state index in [1.165, 1.54) is 0 Å². The Morgan fingerprint density at radius 2 is 1.68 bits per heavy atom. The summed E-state index contributed by atoms with van der Waals surface area (Å²) in [6, 6.07) is 17.6. The molecule has 0 atom stereocenters. The Morgan fingerprint density at radius 3 is 2.37 bits per heavy atom. The van der Waals surface area contributed by atoms with Crippen molar-refractivity contribution >= 4 is 23.4 Å². The van der Waals surface area contributed by atoms with E-state index in [4.69, 9.17) is 5.11 Å². The molecule has 0 radical (unpaired) electrons. The molecule has 0 bridgehead atoms. The van der Waals surface area contributed by atoms with Gasteiger partial charge in [0, 0.05) is 24.5 Å². The van der Waals surface area contributed by atoms with Crippen LogP contribution in [0.1, 0.15) is 5.56 Å². The van der Waals surface area contributed by atoms with Crippen LogP contribution in [-0.4, -0.2) is 18.1 Å². The van der Waals surface area contributed by atoms with Gasteiger partial charge in [-0.3, -0.25) is 0 Å². The number of hydrogen-bond acceptors (Lipinski definition) is 2. The summed E-state index contributed by atoms with van der Waals surface area (Å²) in [6.07, 6.45) is 2.76. The van der Waals surface area contributed by atoms with Crippen molar-refractivity contribution in [1.82, 2.24) is 0 Å². The number of benzene rings is 2. The molecule has 0 heterocycles. The van der Waals surface area contributed by atoms with Crippen LogP contribution in [0.15, 0.2) is 60.7 Å². The summed E-state index contributed by atoms with van der Waals surface area (Å²) in [5.74, 6) is -0.947. The molecule has 0 spiro atoms. The fourth-order valence-corrected chi connectivity index (χ4v) is 1.89. The highest BCUT2D eigenvalue weighted by Crippen LogP contribution is 2.27. The van der Waals surface area contributed by atoms with E-state index >= 15 is 0 Å². The van der Waals surface area contributed by atoms with Gasteiger partial charge in [0.1, 0.15) is 0 Å². The van der Waals surface area contributed by atoms with Gasteiger partial charge in [0.2, 0.25) is 0 Å². The summed E-state index contributed by atoms with van der Waals surface area (Å²) in [7, 11) is 1.96. The van der Waals surface area contributed by atoms with Crippen LogP contribution in [0, 0.1) is 0 Å². The van der Waals surface area contributed by atoms with Crippen LogP contribution >= 0.6 is 0 Å². The van der Waals surface area contributed by atoms with Gasteiger partial charge in [0.05, 0.1) is 0 Å². The van der Waals surface area contributed by atoms with Crippen LogP contribution in [0.5, 0.6) is 0 Å². The second kappa shape index (κ2) is 5.87. The molecule has 19 heavy (non-hydrogen) atoms. The Bertz CT molecular complexity index is 591. The van der Waals surface area contributed by atoms with Gasteiger partial charge in [-0.05, 0) is 29.8 Å². The molecule has 3 nitrogen and oxygen atoms in total. The molecule has 2 rings (SSSR count). The van der Waals surface area contributed by atoms with Crippen molar-refractivity contribution in [1.29, 1.82) is 0 Å². The molecule has 0 saturated carbocycles. The van der Waals surface area contributed by atoms with E-state index in [1.807, 2.05) is 66.5 Å². The lowest BCUT2D eigenvalue weighted by Crippen LogP contribution is -2.10. The molecule has 0 aliphatic carbocycles. The zero-order chi connectivity index (χ0) is 13.7. The third kappa shape index (κ3) is 3.22. The Labute approximate surface area is 112 Å². The second-order valence-corrected chi connectivity index (χ2v) is 4.12. The normalized spacial score (nSPS) is 10.6. The zero-order valence-electron chi connectivity index (χ0n) is 10.7. The van der Waals surface area contributed by atoms with Crippen LogP contribution in [0.3, 0.4) is 0 Å².